The number of anilines is 1. The van der Waals surface area contributed by atoms with Crippen LogP contribution in [0.25, 0.3) is 22.3 Å². The largest absolute Gasteiger partial charge is 0.503 e. The van der Waals surface area contributed by atoms with Crippen molar-refractivity contribution in [1.29, 1.82) is 0 Å². The molecule has 0 saturated carbocycles. The predicted molar refractivity (Wildman–Crippen MR) is 119 cm³/mol. The molecule has 0 radical (unpaired) electrons. The van der Waals surface area contributed by atoms with Crippen molar-refractivity contribution in [3.05, 3.63) is 54.3 Å². The number of nitrogens with one attached hydrogen (secondary N) is 1. The standard InChI is InChI=1S/C20H17F5IN5O/c1-4-9(2)13(5-6-26)28-19-27-8-11-16(30-31(3)18(11)29-19)10-7-12(20(23,24)25)15(22)17(32)14(10)21/h4,7-8,13,32H,1-2,5-6H2,3H3,(H,27,28,29). The number of hydrogen-bond donors (Lipinski definition) is 2. The maximum absolute atomic E-state index is 14.5. The van der Waals surface area contributed by atoms with Crippen LogP contribution in [0.1, 0.15) is 12.0 Å². The van der Waals surface area contributed by atoms with E-state index >= 15 is 0 Å². The molecule has 12 heteroatoms. The topological polar surface area (TPSA) is 75.9 Å². The van der Waals surface area contributed by atoms with Gasteiger partial charge in [-0.1, -0.05) is 41.8 Å². The molecule has 2 N–H and O–H groups in total. The molecule has 0 fully saturated rings. The third-order valence-electron chi connectivity index (χ3n) is 4.73. The van der Waals surface area contributed by atoms with Crippen LogP contribution >= 0.6 is 22.6 Å². The molecule has 0 saturated heterocycles. The number of alkyl halides is 4. The molecule has 6 nitrogen and oxygen atoms in total. The van der Waals surface area contributed by atoms with Gasteiger partial charge in [0.05, 0.1) is 17.0 Å². The first-order chi connectivity index (χ1) is 15.0. The Bertz CT molecular complexity index is 1210. The lowest BCUT2D eigenvalue weighted by Crippen LogP contribution is -2.22. The van der Waals surface area contributed by atoms with Crippen LogP contribution in [0.4, 0.5) is 27.9 Å². The lowest BCUT2D eigenvalue weighted by molar-refractivity contribution is -0.140. The predicted octanol–water partition coefficient (Wildman–Crippen LogP) is 5.38. The van der Waals surface area contributed by atoms with E-state index in [-0.39, 0.29) is 34.8 Å². The number of hydrogen-bond acceptors (Lipinski definition) is 5. The molecule has 0 aliphatic rings. The van der Waals surface area contributed by atoms with E-state index in [4.69, 9.17) is 0 Å². The van der Waals surface area contributed by atoms with Crippen LogP contribution < -0.4 is 5.32 Å². The Balaban J connectivity index is 2.12. The second kappa shape index (κ2) is 9.00. The zero-order chi connectivity index (χ0) is 23.8. The van der Waals surface area contributed by atoms with Gasteiger partial charge in [-0.3, -0.25) is 0 Å². The van der Waals surface area contributed by atoms with Gasteiger partial charge in [-0.2, -0.15) is 23.3 Å². The summed E-state index contributed by atoms with van der Waals surface area (Å²) in [5.74, 6) is -5.20. The van der Waals surface area contributed by atoms with Crippen molar-refractivity contribution < 1.29 is 27.1 Å². The van der Waals surface area contributed by atoms with Crippen molar-refractivity contribution >= 4 is 39.6 Å². The first-order valence-corrected chi connectivity index (χ1v) is 10.6. The lowest BCUT2D eigenvalue weighted by atomic mass is 10.0. The highest BCUT2D eigenvalue weighted by atomic mass is 127. The molecular formula is C20H17F5IN5O. The van der Waals surface area contributed by atoms with Crippen LogP contribution in [-0.4, -0.2) is 35.3 Å². The monoisotopic (exact) mass is 565 g/mol. The molecule has 0 aliphatic carbocycles. The van der Waals surface area contributed by atoms with E-state index in [9.17, 15) is 27.1 Å². The fraction of sp³-hybridized carbons (Fsp3) is 0.250. The quantitative estimate of drug-likeness (QED) is 0.174. The number of aryl methyl sites for hydroxylation is 1. The van der Waals surface area contributed by atoms with Gasteiger partial charge in [-0.05, 0) is 18.1 Å². The van der Waals surface area contributed by atoms with Gasteiger partial charge in [-0.25, -0.2) is 18.4 Å². The highest BCUT2D eigenvalue weighted by molar-refractivity contribution is 14.1. The maximum atomic E-state index is 14.5. The minimum atomic E-state index is -5.15. The van der Waals surface area contributed by atoms with Crippen LogP contribution in [0.5, 0.6) is 5.75 Å². The Labute approximate surface area is 193 Å². The fourth-order valence-corrected chi connectivity index (χ4v) is 3.69. The van der Waals surface area contributed by atoms with Crippen molar-refractivity contribution in [2.45, 2.75) is 18.6 Å². The third kappa shape index (κ3) is 4.40. The smallest absolute Gasteiger partial charge is 0.419 e. The molecular weight excluding hydrogens is 548 g/mol. The van der Waals surface area contributed by atoms with Gasteiger partial charge >= 0.3 is 6.18 Å². The molecule has 170 valence electrons. The van der Waals surface area contributed by atoms with Gasteiger partial charge in [0, 0.05) is 23.2 Å². The van der Waals surface area contributed by atoms with Gasteiger partial charge in [0.2, 0.25) is 5.95 Å². The first kappa shape index (κ1) is 23.9. The molecule has 0 amide bonds. The molecule has 1 unspecified atom stereocenters. The second-order valence-electron chi connectivity index (χ2n) is 6.80. The van der Waals surface area contributed by atoms with Gasteiger partial charge in [0.25, 0.3) is 0 Å². The van der Waals surface area contributed by atoms with Gasteiger partial charge < -0.3 is 10.4 Å². The molecule has 0 spiro atoms. The van der Waals surface area contributed by atoms with E-state index in [1.165, 1.54) is 17.9 Å². The minimum Gasteiger partial charge on any atom is -0.503 e. The lowest BCUT2D eigenvalue weighted by Gasteiger charge is -2.18. The first-order valence-electron chi connectivity index (χ1n) is 9.11. The maximum Gasteiger partial charge on any atom is 0.419 e. The van der Waals surface area contributed by atoms with E-state index in [0.717, 1.165) is 10.0 Å². The average Bonchev–Trinajstić information content (AvgIpc) is 3.06. The summed E-state index contributed by atoms with van der Waals surface area (Å²) in [7, 11) is 1.46. The third-order valence-corrected chi connectivity index (χ3v) is 5.35. The Kier molecular flexibility index (Phi) is 6.72. The Morgan fingerprint density at radius 1 is 1.34 bits per heavy atom. The van der Waals surface area contributed by atoms with Gasteiger partial charge in [-0.15, -0.1) is 0 Å². The number of nitrogens with zero attached hydrogens (tertiary/aromatic N) is 4. The number of aromatic nitrogens is 4. The molecule has 32 heavy (non-hydrogen) atoms. The number of phenolic OH excluding ortho intramolecular Hbond substituents is 1. The average molecular weight is 565 g/mol. The summed E-state index contributed by atoms with van der Waals surface area (Å²) in [6.45, 7) is 7.61. The van der Waals surface area contributed by atoms with E-state index in [1.807, 2.05) is 0 Å². The van der Waals surface area contributed by atoms with Crippen molar-refractivity contribution in [3.8, 4) is 17.0 Å². The number of fused-ring (bicyclic) bond motifs is 1. The Hall–Kier alpha value is -2.77. The molecule has 3 aromatic rings. The number of rotatable bonds is 7. The Morgan fingerprint density at radius 3 is 2.62 bits per heavy atom. The van der Waals surface area contributed by atoms with E-state index < -0.39 is 34.7 Å². The summed E-state index contributed by atoms with van der Waals surface area (Å²) in [6, 6.07) is 0.0680. The number of phenols is 1. The minimum absolute atomic E-state index is 0.115. The molecule has 0 bridgehead atoms. The summed E-state index contributed by atoms with van der Waals surface area (Å²) < 4.78 is 69.9. The molecule has 1 atom stereocenters. The molecule has 2 aromatic heterocycles. The zero-order valence-corrected chi connectivity index (χ0v) is 18.8. The van der Waals surface area contributed by atoms with Crippen molar-refractivity contribution in [3.63, 3.8) is 0 Å². The zero-order valence-electron chi connectivity index (χ0n) is 16.6. The van der Waals surface area contributed by atoms with Crippen LogP contribution in [0.3, 0.4) is 0 Å². The van der Waals surface area contributed by atoms with Crippen LogP contribution in [0.2, 0.25) is 0 Å². The van der Waals surface area contributed by atoms with Gasteiger partial charge in [0.1, 0.15) is 5.69 Å². The molecule has 2 heterocycles. The van der Waals surface area contributed by atoms with E-state index in [0.29, 0.717) is 6.42 Å². The summed E-state index contributed by atoms with van der Waals surface area (Å²) in [5, 5.41) is 16.9. The van der Waals surface area contributed by atoms with Crippen LogP contribution in [0.15, 0.2) is 37.1 Å². The normalized spacial score (nSPS) is 12.7. The summed E-state index contributed by atoms with van der Waals surface area (Å²) in [4.78, 5) is 8.47. The van der Waals surface area contributed by atoms with E-state index in [2.05, 4.69) is 56.1 Å². The number of aromatic hydroxyl groups is 1. The fourth-order valence-electron chi connectivity index (χ4n) is 3.06. The van der Waals surface area contributed by atoms with Gasteiger partial charge in [0.15, 0.2) is 23.0 Å². The SMILES string of the molecule is C=CC(=C)C(CCI)Nc1ncc2c(-c3cc(C(F)(F)F)c(F)c(O)c3F)nn(C)c2n1. The van der Waals surface area contributed by atoms with Crippen LogP contribution in [0, 0.1) is 11.6 Å². The van der Waals surface area contributed by atoms with Crippen molar-refractivity contribution in [2.24, 2.45) is 7.05 Å². The number of benzene rings is 1. The van der Waals surface area contributed by atoms with Crippen molar-refractivity contribution in [2.75, 3.05) is 9.74 Å². The molecule has 0 aliphatic heterocycles. The molecule has 3 rings (SSSR count). The summed E-state index contributed by atoms with van der Waals surface area (Å²) in [5.41, 5.74) is -1.90. The highest BCUT2D eigenvalue weighted by Gasteiger charge is 2.38. The summed E-state index contributed by atoms with van der Waals surface area (Å²) in [6.07, 6.45) is -1.57. The Morgan fingerprint density at radius 2 is 2.03 bits per heavy atom. The highest BCUT2D eigenvalue weighted by Crippen LogP contribution is 2.41. The van der Waals surface area contributed by atoms with E-state index in [1.54, 1.807) is 6.08 Å². The van der Waals surface area contributed by atoms with Crippen LogP contribution in [-0.2, 0) is 13.2 Å². The summed E-state index contributed by atoms with van der Waals surface area (Å²) >= 11 is 2.21. The number of halogens is 6. The van der Waals surface area contributed by atoms with Crippen molar-refractivity contribution in [1.82, 2.24) is 19.7 Å². The molecule has 1 aromatic carbocycles. The second-order valence-corrected chi connectivity index (χ2v) is 7.88.